The van der Waals surface area contributed by atoms with Gasteiger partial charge in [0.2, 0.25) is 0 Å². The second kappa shape index (κ2) is 5.66. The van der Waals surface area contributed by atoms with Gasteiger partial charge in [-0.25, -0.2) is 4.79 Å². The third kappa shape index (κ3) is 4.03. The van der Waals surface area contributed by atoms with E-state index in [1.165, 1.54) is 0 Å². The average Bonchev–Trinajstić information content (AvgIpc) is 2.15. The molecule has 0 radical (unpaired) electrons. The fourth-order valence-electron chi connectivity index (χ4n) is 1.50. The van der Waals surface area contributed by atoms with E-state index >= 15 is 0 Å². The number of hydrogen-bond donors (Lipinski definition) is 0. The molecule has 1 aromatic carbocycles. The maximum atomic E-state index is 11.7. The zero-order chi connectivity index (χ0) is 12.1. The summed E-state index contributed by atoms with van der Waals surface area (Å²) in [5.41, 5.74) is 2.80. The number of rotatable bonds is 4. The van der Waals surface area contributed by atoms with Crippen LogP contribution in [0.1, 0.15) is 21.5 Å². The van der Waals surface area contributed by atoms with E-state index in [0.29, 0.717) is 12.2 Å². The van der Waals surface area contributed by atoms with Gasteiger partial charge < -0.3 is 9.64 Å². The Morgan fingerprint density at radius 2 is 1.75 bits per heavy atom. The first kappa shape index (κ1) is 12.7. The Hall–Kier alpha value is -1.35. The van der Waals surface area contributed by atoms with E-state index in [1.54, 1.807) is 0 Å². The van der Waals surface area contributed by atoms with Crippen LogP contribution in [0, 0.1) is 13.8 Å². The summed E-state index contributed by atoms with van der Waals surface area (Å²) in [6, 6.07) is 5.74. The van der Waals surface area contributed by atoms with E-state index in [-0.39, 0.29) is 5.97 Å². The predicted octanol–water partition coefficient (Wildman–Crippen LogP) is 2.02. The monoisotopic (exact) mass is 221 g/mol. The van der Waals surface area contributed by atoms with Crippen molar-refractivity contribution in [3.63, 3.8) is 0 Å². The van der Waals surface area contributed by atoms with Gasteiger partial charge in [0.1, 0.15) is 6.61 Å². The lowest BCUT2D eigenvalue weighted by Gasteiger charge is -2.10. The Morgan fingerprint density at radius 1 is 1.19 bits per heavy atom. The summed E-state index contributed by atoms with van der Waals surface area (Å²) < 4.78 is 5.17. The SMILES string of the molecule is Cc1cc(C)cc(C(=O)OCCN(C)C)c1. The van der Waals surface area contributed by atoms with Gasteiger partial charge in [-0.15, -0.1) is 0 Å². The van der Waals surface area contributed by atoms with Crippen LogP contribution in [-0.4, -0.2) is 38.1 Å². The summed E-state index contributed by atoms with van der Waals surface area (Å²) in [5.74, 6) is -0.242. The van der Waals surface area contributed by atoms with Crippen LogP contribution in [0.4, 0.5) is 0 Å². The lowest BCUT2D eigenvalue weighted by atomic mass is 10.1. The molecular formula is C13H19NO2. The molecule has 0 heterocycles. The lowest BCUT2D eigenvalue weighted by Crippen LogP contribution is -2.20. The standard InChI is InChI=1S/C13H19NO2/c1-10-7-11(2)9-12(8-10)13(15)16-6-5-14(3)4/h7-9H,5-6H2,1-4H3. The molecule has 3 heteroatoms. The smallest absolute Gasteiger partial charge is 0.338 e. The molecule has 1 rings (SSSR count). The Labute approximate surface area is 97.0 Å². The lowest BCUT2D eigenvalue weighted by molar-refractivity contribution is 0.0481. The number of carbonyl (C=O) groups is 1. The molecule has 0 aliphatic rings. The third-order valence-electron chi connectivity index (χ3n) is 2.23. The van der Waals surface area contributed by atoms with Gasteiger partial charge in [-0.2, -0.15) is 0 Å². The van der Waals surface area contributed by atoms with E-state index in [0.717, 1.165) is 17.7 Å². The highest BCUT2D eigenvalue weighted by Crippen LogP contribution is 2.09. The van der Waals surface area contributed by atoms with E-state index in [1.807, 2.05) is 51.0 Å². The predicted molar refractivity (Wildman–Crippen MR) is 64.8 cm³/mol. The van der Waals surface area contributed by atoms with Crippen molar-refractivity contribution in [1.29, 1.82) is 0 Å². The molecule has 0 aromatic heterocycles. The Morgan fingerprint density at radius 3 is 2.25 bits per heavy atom. The summed E-state index contributed by atoms with van der Waals surface area (Å²) >= 11 is 0. The average molecular weight is 221 g/mol. The molecule has 0 saturated heterocycles. The molecule has 16 heavy (non-hydrogen) atoms. The van der Waals surface area contributed by atoms with Gasteiger partial charge >= 0.3 is 5.97 Å². The quantitative estimate of drug-likeness (QED) is 0.728. The number of aryl methyl sites for hydroxylation is 2. The van der Waals surface area contributed by atoms with E-state index in [4.69, 9.17) is 4.74 Å². The molecule has 0 aliphatic heterocycles. The topological polar surface area (TPSA) is 29.5 Å². The number of likely N-dealkylation sites (N-methyl/N-ethyl adjacent to an activating group) is 1. The Bertz CT molecular complexity index is 352. The van der Waals surface area contributed by atoms with Crippen LogP contribution < -0.4 is 0 Å². The molecule has 0 spiro atoms. The van der Waals surface area contributed by atoms with Crippen LogP contribution in [-0.2, 0) is 4.74 Å². The summed E-state index contributed by atoms with van der Waals surface area (Å²) in [5, 5.41) is 0. The van der Waals surface area contributed by atoms with E-state index in [2.05, 4.69) is 0 Å². The maximum absolute atomic E-state index is 11.7. The van der Waals surface area contributed by atoms with Gasteiger partial charge in [-0.1, -0.05) is 17.2 Å². The zero-order valence-corrected chi connectivity index (χ0v) is 10.4. The summed E-state index contributed by atoms with van der Waals surface area (Å²) in [4.78, 5) is 13.7. The molecule has 0 aliphatic carbocycles. The number of benzene rings is 1. The fraction of sp³-hybridized carbons (Fsp3) is 0.462. The highest BCUT2D eigenvalue weighted by Gasteiger charge is 2.07. The minimum Gasteiger partial charge on any atom is -0.461 e. The van der Waals surface area contributed by atoms with Gasteiger partial charge in [0.15, 0.2) is 0 Å². The highest BCUT2D eigenvalue weighted by molar-refractivity contribution is 5.89. The van der Waals surface area contributed by atoms with Gasteiger partial charge in [0.25, 0.3) is 0 Å². The van der Waals surface area contributed by atoms with Crippen molar-refractivity contribution >= 4 is 5.97 Å². The van der Waals surface area contributed by atoms with E-state index in [9.17, 15) is 4.79 Å². The molecule has 0 amide bonds. The van der Waals surface area contributed by atoms with Crippen LogP contribution in [0.3, 0.4) is 0 Å². The molecule has 3 nitrogen and oxygen atoms in total. The number of ether oxygens (including phenoxy) is 1. The largest absolute Gasteiger partial charge is 0.461 e. The van der Waals surface area contributed by atoms with Crippen LogP contribution >= 0.6 is 0 Å². The van der Waals surface area contributed by atoms with Crippen LogP contribution in [0.5, 0.6) is 0 Å². The second-order valence-electron chi connectivity index (χ2n) is 4.32. The Balaban J connectivity index is 2.59. The fourth-order valence-corrected chi connectivity index (χ4v) is 1.50. The van der Waals surface area contributed by atoms with Crippen molar-refractivity contribution in [2.75, 3.05) is 27.2 Å². The molecule has 0 fully saturated rings. The van der Waals surface area contributed by atoms with E-state index < -0.39 is 0 Å². The first-order chi connectivity index (χ1) is 7.49. The number of esters is 1. The summed E-state index contributed by atoms with van der Waals surface area (Å²) in [7, 11) is 3.90. The Kier molecular flexibility index (Phi) is 4.50. The molecule has 0 unspecified atom stereocenters. The zero-order valence-electron chi connectivity index (χ0n) is 10.4. The number of hydrogen-bond acceptors (Lipinski definition) is 3. The molecule has 0 bridgehead atoms. The molecular weight excluding hydrogens is 202 g/mol. The molecule has 0 N–H and O–H groups in total. The van der Waals surface area contributed by atoms with Gasteiger partial charge in [0.05, 0.1) is 5.56 Å². The third-order valence-corrected chi connectivity index (χ3v) is 2.23. The number of nitrogens with zero attached hydrogens (tertiary/aromatic N) is 1. The minimum absolute atomic E-state index is 0.242. The van der Waals surface area contributed by atoms with Crippen LogP contribution in [0.15, 0.2) is 18.2 Å². The molecule has 0 atom stereocenters. The van der Waals surface area contributed by atoms with Crippen LogP contribution in [0.25, 0.3) is 0 Å². The van der Waals surface area contributed by atoms with Crippen molar-refractivity contribution in [3.05, 3.63) is 34.9 Å². The molecule has 1 aromatic rings. The van der Waals surface area contributed by atoms with Gasteiger partial charge in [-0.05, 0) is 40.1 Å². The van der Waals surface area contributed by atoms with Crippen LogP contribution in [0.2, 0.25) is 0 Å². The van der Waals surface area contributed by atoms with Gasteiger partial charge in [0, 0.05) is 6.54 Å². The maximum Gasteiger partial charge on any atom is 0.338 e. The molecule has 88 valence electrons. The first-order valence-electron chi connectivity index (χ1n) is 5.39. The van der Waals surface area contributed by atoms with Crippen molar-refractivity contribution in [3.8, 4) is 0 Å². The molecule has 0 saturated carbocycles. The highest BCUT2D eigenvalue weighted by atomic mass is 16.5. The summed E-state index contributed by atoms with van der Waals surface area (Å²) in [6.07, 6.45) is 0. The second-order valence-corrected chi connectivity index (χ2v) is 4.32. The normalized spacial score (nSPS) is 10.6. The van der Waals surface area contributed by atoms with Crippen molar-refractivity contribution in [2.24, 2.45) is 0 Å². The van der Waals surface area contributed by atoms with Crippen molar-refractivity contribution in [2.45, 2.75) is 13.8 Å². The first-order valence-corrected chi connectivity index (χ1v) is 5.39. The summed E-state index contributed by atoms with van der Waals surface area (Å²) in [6.45, 7) is 5.13. The van der Waals surface area contributed by atoms with Crippen molar-refractivity contribution in [1.82, 2.24) is 4.90 Å². The minimum atomic E-state index is -0.242. The van der Waals surface area contributed by atoms with Gasteiger partial charge in [-0.3, -0.25) is 0 Å². The van der Waals surface area contributed by atoms with Crippen molar-refractivity contribution < 1.29 is 9.53 Å². The number of carbonyl (C=O) groups excluding carboxylic acids is 1.